The molecule has 0 fully saturated rings. The maximum absolute atomic E-state index is 5.91. The zero-order valence-corrected chi connectivity index (χ0v) is 12.8. The Morgan fingerprint density at radius 2 is 1.77 bits per heavy atom. The van der Waals surface area contributed by atoms with Crippen molar-refractivity contribution in [3.8, 4) is 0 Å². The molecule has 0 rings (SSSR count). The molecule has 0 N–H and O–H groups in total. The van der Waals surface area contributed by atoms with Crippen LogP contribution < -0.4 is 0 Å². The first-order valence-electron chi connectivity index (χ1n) is 5.11. The summed E-state index contributed by atoms with van der Waals surface area (Å²) in [5, 5.41) is 0. The predicted molar refractivity (Wildman–Crippen MR) is 62.7 cm³/mol. The quantitative estimate of drug-likeness (QED) is 0.556. The molecular formula is C11H24OSn. The Morgan fingerprint density at radius 3 is 2.08 bits per heavy atom. The van der Waals surface area contributed by atoms with E-state index < -0.39 is 18.4 Å². The summed E-state index contributed by atoms with van der Waals surface area (Å²) in [7, 11) is 0. The molecule has 1 nitrogen and oxygen atoms in total. The van der Waals surface area contributed by atoms with E-state index in [0.717, 1.165) is 4.62 Å². The Balaban J connectivity index is 3.97. The summed E-state index contributed by atoms with van der Waals surface area (Å²) in [6, 6.07) is 0. The van der Waals surface area contributed by atoms with Crippen LogP contribution in [0.15, 0.2) is 12.2 Å². The van der Waals surface area contributed by atoms with Crippen molar-refractivity contribution in [3.63, 3.8) is 0 Å². The maximum atomic E-state index is 5.91. The summed E-state index contributed by atoms with van der Waals surface area (Å²) in [6.07, 6.45) is 4.58. The first-order chi connectivity index (χ1) is 5.87. The van der Waals surface area contributed by atoms with Crippen molar-refractivity contribution in [1.29, 1.82) is 0 Å². The molecule has 0 unspecified atom stereocenters. The number of rotatable bonds is 5. The van der Waals surface area contributed by atoms with Gasteiger partial charge in [0.05, 0.1) is 0 Å². The van der Waals surface area contributed by atoms with Crippen LogP contribution in [0.4, 0.5) is 0 Å². The minimum absolute atomic E-state index is 0.320. The Morgan fingerprint density at radius 1 is 1.23 bits per heavy atom. The Hall–Kier alpha value is 0.499. The van der Waals surface area contributed by atoms with Crippen molar-refractivity contribution in [2.24, 2.45) is 5.92 Å². The average molecular weight is 291 g/mol. The molecule has 2 heteroatoms. The molecule has 0 aliphatic carbocycles. The number of hydrogen-bond acceptors (Lipinski definition) is 1. The van der Waals surface area contributed by atoms with Crippen molar-refractivity contribution >= 4 is 18.4 Å². The Labute approximate surface area is 87.4 Å². The molecule has 0 aromatic carbocycles. The third-order valence-electron chi connectivity index (χ3n) is 1.75. The molecule has 0 aliphatic rings. The Bertz CT molecular complexity index is 156. The van der Waals surface area contributed by atoms with Crippen LogP contribution in [0.25, 0.3) is 0 Å². The van der Waals surface area contributed by atoms with Gasteiger partial charge in [0.1, 0.15) is 0 Å². The molecule has 0 aliphatic heterocycles. The van der Waals surface area contributed by atoms with Crippen LogP contribution >= 0.6 is 0 Å². The molecule has 0 heterocycles. The monoisotopic (exact) mass is 292 g/mol. The molecule has 0 aromatic rings. The first kappa shape index (κ1) is 13.5. The van der Waals surface area contributed by atoms with Crippen LogP contribution in [-0.4, -0.2) is 29.1 Å². The second-order valence-electron chi connectivity index (χ2n) is 5.11. The molecule has 0 saturated heterocycles. The summed E-state index contributed by atoms with van der Waals surface area (Å²) in [5.41, 5.74) is 0. The fourth-order valence-corrected chi connectivity index (χ4v) is 2.98. The molecule has 0 aromatic heterocycles. The molecule has 0 saturated carbocycles. The van der Waals surface area contributed by atoms with Gasteiger partial charge < -0.3 is 0 Å². The van der Waals surface area contributed by atoms with Crippen molar-refractivity contribution in [2.45, 2.75) is 41.7 Å². The molecule has 0 bridgehead atoms. The summed E-state index contributed by atoms with van der Waals surface area (Å²) in [5.74, 6) is 0.588. The zero-order chi connectivity index (χ0) is 10.5. The van der Waals surface area contributed by atoms with Gasteiger partial charge in [-0.05, 0) is 0 Å². The second kappa shape index (κ2) is 6.07. The Kier molecular flexibility index (Phi) is 6.30. The summed E-state index contributed by atoms with van der Waals surface area (Å²) in [6.45, 7) is 6.48. The summed E-state index contributed by atoms with van der Waals surface area (Å²) >= 11 is -1.72. The minimum atomic E-state index is -1.72. The fourth-order valence-electron chi connectivity index (χ4n) is 1.01. The summed E-state index contributed by atoms with van der Waals surface area (Å²) < 4.78 is 6.94. The van der Waals surface area contributed by atoms with E-state index in [4.69, 9.17) is 4.74 Å². The number of hydrogen-bond donors (Lipinski definition) is 0. The molecular weight excluding hydrogens is 267 g/mol. The van der Waals surface area contributed by atoms with Crippen LogP contribution in [0, 0.1) is 5.92 Å². The first-order valence-corrected chi connectivity index (χ1v) is 15.7. The van der Waals surface area contributed by atoms with Crippen molar-refractivity contribution in [2.75, 3.05) is 4.62 Å². The molecule has 1 atom stereocenters. The normalized spacial score (nSPS) is 15.6. The van der Waals surface area contributed by atoms with E-state index in [9.17, 15) is 0 Å². The van der Waals surface area contributed by atoms with E-state index in [1.54, 1.807) is 0 Å². The van der Waals surface area contributed by atoms with Gasteiger partial charge in [0.2, 0.25) is 0 Å². The van der Waals surface area contributed by atoms with E-state index in [1.165, 1.54) is 0 Å². The van der Waals surface area contributed by atoms with Gasteiger partial charge in [-0.15, -0.1) is 0 Å². The van der Waals surface area contributed by atoms with Gasteiger partial charge in [0.25, 0.3) is 0 Å². The van der Waals surface area contributed by atoms with Gasteiger partial charge in [0, 0.05) is 0 Å². The van der Waals surface area contributed by atoms with Crippen molar-refractivity contribution in [1.82, 2.24) is 0 Å². The van der Waals surface area contributed by atoms with Crippen LogP contribution in [0.2, 0.25) is 14.8 Å². The fraction of sp³-hybridized carbons (Fsp3) is 0.818. The third kappa shape index (κ3) is 7.56. The van der Waals surface area contributed by atoms with E-state index >= 15 is 0 Å². The van der Waals surface area contributed by atoms with Crippen LogP contribution in [0.1, 0.15) is 20.8 Å². The molecule has 13 heavy (non-hydrogen) atoms. The SMILES string of the molecule is C/C=C\[C@H](O[CH2][Sn]([CH3])([CH3])[CH3])C(C)C. The second-order valence-corrected chi connectivity index (χ2v) is 20.5. The van der Waals surface area contributed by atoms with E-state index in [-0.39, 0.29) is 0 Å². The molecule has 78 valence electrons. The van der Waals surface area contributed by atoms with E-state index in [2.05, 4.69) is 47.7 Å². The summed E-state index contributed by atoms with van der Waals surface area (Å²) in [4.78, 5) is 7.21. The van der Waals surface area contributed by atoms with Gasteiger partial charge in [-0.25, -0.2) is 0 Å². The van der Waals surface area contributed by atoms with Crippen LogP contribution in [-0.2, 0) is 4.74 Å². The topological polar surface area (TPSA) is 9.23 Å². The standard InChI is InChI=1S/C8H15O.3CH3.Sn/c1-5-6-8(9-4)7(2)3;;;;/h5-8H,4H2,1-3H3;3*1H3;/b6-5-;;;;/t8-;;;;/m0..../s1. The van der Waals surface area contributed by atoms with Crippen molar-refractivity contribution < 1.29 is 4.74 Å². The average Bonchev–Trinajstić information content (AvgIpc) is 1.95. The van der Waals surface area contributed by atoms with E-state index in [0.29, 0.717) is 12.0 Å². The molecule has 0 radical (unpaired) electrons. The molecule has 0 amide bonds. The van der Waals surface area contributed by atoms with Gasteiger partial charge in [-0.2, -0.15) is 0 Å². The van der Waals surface area contributed by atoms with Crippen LogP contribution in [0.5, 0.6) is 0 Å². The van der Waals surface area contributed by atoms with Crippen LogP contribution in [0.3, 0.4) is 0 Å². The third-order valence-corrected chi connectivity index (χ3v) is 4.70. The van der Waals surface area contributed by atoms with Gasteiger partial charge in [-0.1, -0.05) is 0 Å². The van der Waals surface area contributed by atoms with E-state index in [1.807, 2.05) is 0 Å². The van der Waals surface area contributed by atoms with Gasteiger partial charge in [0.15, 0.2) is 0 Å². The number of ether oxygens (including phenoxy) is 1. The van der Waals surface area contributed by atoms with Gasteiger partial charge in [-0.3, -0.25) is 0 Å². The van der Waals surface area contributed by atoms with Crippen molar-refractivity contribution in [3.05, 3.63) is 12.2 Å². The predicted octanol–water partition coefficient (Wildman–Crippen LogP) is 3.48. The van der Waals surface area contributed by atoms with Gasteiger partial charge >= 0.3 is 87.5 Å². The molecule has 0 spiro atoms. The zero-order valence-electron chi connectivity index (χ0n) is 9.92. The number of allylic oxidation sites excluding steroid dienone is 1.